The van der Waals surface area contributed by atoms with Crippen LogP contribution in [0.15, 0.2) is 24.3 Å². The van der Waals surface area contributed by atoms with Crippen LogP contribution in [-0.2, 0) is 16.1 Å². The van der Waals surface area contributed by atoms with Gasteiger partial charge in [-0.15, -0.1) is 0 Å². The Morgan fingerprint density at radius 1 is 1.35 bits per heavy atom. The molecule has 8 nitrogen and oxygen atoms in total. The van der Waals surface area contributed by atoms with Crippen LogP contribution in [0.25, 0.3) is 0 Å². The number of carbonyl (C=O) groups excluding carboxylic acids is 2. The number of rotatable bonds is 4. The second kappa shape index (κ2) is 7.08. The van der Waals surface area contributed by atoms with Crippen LogP contribution in [0.5, 0.6) is 0 Å². The zero-order chi connectivity index (χ0) is 17.0. The molecule has 1 unspecified atom stereocenters. The molecule has 1 atom stereocenters. The Kier molecular flexibility index (Phi) is 5.15. The van der Waals surface area contributed by atoms with Crippen molar-refractivity contribution in [1.82, 2.24) is 9.80 Å². The van der Waals surface area contributed by atoms with Gasteiger partial charge in [-0.05, 0) is 30.5 Å². The number of nitrogens with zero attached hydrogens (tertiary/aromatic N) is 3. The summed E-state index contributed by atoms with van der Waals surface area (Å²) in [5.74, 6) is -0.116. The van der Waals surface area contributed by atoms with Crippen LogP contribution in [0.2, 0.25) is 0 Å². The normalized spacial score (nSPS) is 17.0. The van der Waals surface area contributed by atoms with Crippen molar-refractivity contribution in [2.45, 2.75) is 25.5 Å². The van der Waals surface area contributed by atoms with Crippen LogP contribution in [0.3, 0.4) is 0 Å². The minimum Gasteiger partial charge on any atom is -0.445 e. The maximum absolute atomic E-state index is 12.2. The van der Waals surface area contributed by atoms with Gasteiger partial charge in [-0.1, -0.05) is 0 Å². The topological polar surface area (TPSA) is 93.0 Å². The first-order valence-electron chi connectivity index (χ1n) is 7.28. The van der Waals surface area contributed by atoms with Crippen LogP contribution < -0.4 is 0 Å². The second-order valence-corrected chi connectivity index (χ2v) is 5.56. The third-order valence-corrected chi connectivity index (χ3v) is 3.72. The van der Waals surface area contributed by atoms with Crippen molar-refractivity contribution in [3.63, 3.8) is 0 Å². The molecule has 0 bridgehead atoms. The van der Waals surface area contributed by atoms with Gasteiger partial charge in [-0.3, -0.25) is 19.8 Å². The molecular formula is C15H19N3O5. The fourth-order valence-electron chi connectivity index (χ4n) is 2.48. The summed E-state index contributed by atoms with van der Waals surface area (Å²) in [6.45, 7) is 0.500. The lowest BCUT2D eigenvalue weighted by atomic mass is 10.2. The Bertz CT molecular complexity index is 600. The summed E-state index contributed by atoms with van der Waals surface area (Å²) in [4.78, 5) is 37.2. The van der Waals surface area contributed by atoms with Crippen molar-refractivity contribution >= 4 is 17.7 Å². The fourth-order valence-corrected chi connectivity index (χ4v) is 2.48. The quantitative estimate of drug-likeness (QED) is 0.622. The van der Waals surface area contributed by atoms with Gasteiger partial charge in [0, 0.05) is 32.8 Å². The minimum absolute atomic E-state index is 0.0101. The summed E-state index contributed by atoms with van der Waals surface area (Å²) in [6, 6.07) is 5.32. The number of likely N-dealkylation sites (tertiary alicyclic amines) is 1. The van der Waals surface area contributed by atoms with Crippen molar-refractivity contribution in [2.24, 2.45) is 0 Å². The molecule has 0 saturated carbocycles. The first kappa shape index (κ1) is 16.7. The van der Waals surface area contributed by atoms with Gasteiger partial charge in [0.1, 0.15) is 12.6 Å². The van der Waals surface area contributed by atoms with E-state index in [1.807, 2.05) is 0 Å². The molecule has 0 aliphatic carbocycles. The van der Waals surface area contributed by atoms with Crippen LogP contribution in [0.4, 0.5) is 10.5 Å². The first-order valence-corrected chi connectivity index (χ1v) is 7.28. The van der Waals surface area contributed by atoms with E-state index in [0.717, 1.165) is 6.42 Å². The molecule has 1 aliphatic heterocycles. The predicted octanol–water partition coefficient (Wildman–Crippen LogP) is 1.78. The number of carbonyl (C=O) groups is 2. The van der Waals surface area contributed by atoms with E-state index in [0.29, 0.717) is 18.5 Å². The third-order valence-electron chi connectivity index (χ3n) is 3.72. The Morgan fingerprint density at radius 2 is 2.00 bits per heavy atom. The lowest BCUT2D eigenvalue weighted by Crippen LogP contribution is -2.45. The van der Waals surface area contributed by atoms with Crippen molar-refractivity contribution in [3.05, 3.63) is 39.9 Å². The van der Waals surface area contributed by atoms with E-state index in [9.17, 15) is 19.7 Å². The number of amides is 2. The van der Waals surface area contributed by atoms with E-state index < -0.39 is 17.1 Å². The molecule has 0 N–H and O–H groups in total. The first-order chi connectivity index (χ1) is 10.9. The van der Waals surface area contributed by atoms with Gasteiger partial charge in [0.15, 0.2) is 0 Å². The van der Waals surface area contributed by atoms with Gasteiger partial charge in [0.05, 0.1) is 4.92 Å². The Labute approximate surface area is 133 Å². The predicted molar refractivity (Wildman–Crippen MR) is 81.7 cm³/mol. The highest BCUT2D eigenvalue weighted by Gasteiger charge is 2.35. The second-order valence-electron chi connectivity index (χ2n) is 5.56. The van der Waals surface area contributed by atoms with Gasteiger partial charge in [0.25, 0.3) is 5.69 Å². The van der Waals surface area contributed by atoms with Crippen LogP contribution >= 0.6 is 0 Å². The minimum atomic E-state index is -0.541. The SMILES string of the molecule is CN(C)C(=O)C1CCCN1C(=O)OCc1ccc([N+](=O)[O-])cc1. The molecule has 124 valence electrons. The molecular weight excluding hydrogens is 302 g/mol. The summed E-state index contributed by atoms with van der Waals surface area (Å²) in [6.07, 6.45) is 0.849. The fraction of sp³-hybridized carbons (Fsp3) is 0.467. The van der Waals surface area contributed by atoms with Crippen molar-refractivity contribution in [3.8, 4) is 0 Å². The Hall–Kier alpha value is -2.64. The van der Waals surface area contributed by atoms with E-state index in [4.69, 9.17) is 4.74 Å². The number of benzene rings is 1. The number of likely N-dealkylation sites (N-methyl/N-ethyl adjacent to an activating group) is 1. The molecule has 8 heteroatoms. The molecule has 1 saturated heterocycles. The number of ether oxygens (including phenoxy) is 1. The molecule has 23 heavy (non-hydrogen) atoms. The Balaban J connectivity index is 1.93. The van der Waals surface area contributed by atoms with Crippen molar-refractivity contribution in [2.75, 3.05) is 20.6 Å². The van der Waals surface area contributed by atoms with Crippen LogP contribution in [-0.4, -0.2) is 53.4 Å². The van der Waals surface area contributed by atoms with E-state index in [1.165, 1.54) is 34.1 Å². The van der Waals surface area contributed by atoms with Gasteiger partial charge in [-0.25, -0.2) is 4.79 Å². The molecule has 2 rings (SSSR count). The van der Waals surface area contributed by atoms with E-state index in [1.54, 1.807) is 14.1 Å². The van der Waals surface area contributed by atoms with E-state index >= 15 is 0 Å². The summed E-state index contributed by atoms with van der Waals surface area (Å²) >= 11 is 0. The van der Waals surface area contributed by atoms with E-state index in [2.05, 4.69) is 0 Å². The average molecular weight is 321 g/mol. The standard InChI is InChI=1S/C15H19N3O5/c1-16(2)14(19)13-4-3-9-17(13)15(20)23-10-11-5-7-12(8-6-11)18(21)22/h5-8,13H,3-4,9-10H2,1-2H3. The van der Waals surface area contributed by atoms with Gasteiger partial charge in [0.2, 0.25) is 5.91 Å². The van der Waals surface area contributed by atoms with Gasteiger partial charge in [-0.2, -0.15) is 0 Å². The highest BCUT2D eigenvalue weighted by molar-refractivity contribution is 5.85. The molecule has 2 amide bonds. The molecule has 0 aromatic heterocycles. The monoisotopic (exact) mass is 321 g/mol. The highest BCUT2D eigenvalue weighted by atomic mass is 16.6. The third kappa shape index (κ3) is 3.97. The number of nitro groups is 1. The van der Waals surface area contributed by atoms with Crippen molar-refractivity contribution < 1.29 is 19.2 Å². The van der Waals surface area contributed by atoms with Crippen molar-refractivity contribution in [1.29, 1.82) is 0 Å². The van der Waals surface area contributed by atoms with Crippen LogP contribution in [0, 0.1) is 10.1 Å². The number of non-ortho nitro benzene ring substituents is 1. The smallest absolute Gasteiger partial charge is 0.410 e. The number of hydrogen-bond acceptors (Lipinski definition) is 5. The summed E-state index contributed by atoms with van der Waals surface area (Å²) in [7, 11) is 3.31. The lowest BCUT2D eigenvalue weighted by Gasteiger charge is -2.25. The molecule has 1 aromatic rings. The zero-order valence-electron chi connectivity index (χ0n) is 13.1. The Morgan fingerprint density at radius 3 is 2.57 bits per heavy atom. The van der Waals surface area contributed by atoms with Gasteiger partial charge >= 0.3 is 6.09 Å². The molecule has 1 fully saturated rings. The van der Waals surface area contributed by atoms with E-state index in [-0.39, 0.29) is 18.2 Å². The molecule has 1 aliphatic rings. The molecule has 0 spiro atoms. The maximum atomic E-state index is 12.2. The van der Waals surface area contributed by atoms with Crippen LogP contribution in [0.1, 0.15) is 18.4 Å². The average Bonchev–Trinajstić information content (AvgIpc) is 3.01. The summed E-state index contributed by atoms with van der Waals surface area (Å²) < 4.78 is 5.22. The maximum Gasteiger partial charge on any atom is 0.410 e. The summed E-state index contributed by atoms with van der Waals surface area (Å²) in [5.41, 5.74) is 0.634. The lowest BCUT2D eigenvalue weighted by molar-refractivity contribution is -0.384. The summed E-state index contributed by atoms with van der Waals surface area (Å²) in [5, 5.41) is 10.6. The highest BCUT2D eigenvalue weighted by Crippen LogP contribution is 2.20. The number of hydrogen-bond donors (Lipinski definition) is 0. The molecule has 0 radical (unpaired) electrons. The largest absolute Gasteiger partial charge is 0.445 e. The number of nitro benzene ring substituents is 1. The molecule has 1 aromatic carbocycles. The molecule has 1 heterocycles. The zero-order valence-corrected chi connectivity index (χ0v) is 13.1. The van der Waals surface area contributed by atoms with Gasteiger partial charge < -0.3 is 9.64 Å².